The molecule has 1 aromatic carbocycles. The Bertz CT molecular complexity index is 1040. The highest BCUT2D eigenvalue weighted by Crippen LogP contribution is 2.36. The zero-order valence-electron chi connectivity index (χ0n) is 15.8. The molecule has 1 amide bonds. The van der Waals surface area contributed by atoms with Crippen LogP contribution in [0, 0.1) is 0 Å². The van der Waals surface area contributed by atoms with E-state index < -0.39 is 24.4 Å². The lowest BCUT2D eigenvalue weighted by molar-refractivity contribution is -0.118. The number of rotatable bonds is 5. The first kappa shape index (κ1) is 19.6. The van der Waals surface area contributed by atoms with Crippen molar-refractivity contribution in [3.05, 3.63) is 24.1 Å². The minimum Gasteiger partial charge on any atom is -0.491 e. The number of primary amides is 1. The van der Waals surface area contributed by atoms with Crippen LogP contribution in [0.3, 0.4) is 0 Å². The second-order valence-corrected chi connectivity index (χ2v) is 6.78. The zero-order chi connectivity index (χ0) is 21.4. The van der Waals surface area contributed by atoms with Crippen molar-refractivity contribution in [1.82, 2.24) is 14.8 Å². The quantitative estimate of drug-likeness (QED) is 0.680. The molecule has 10 nitrogen and oxygen atoms in total. The maximum Gasteiger partial charge on any atom is 0.285 e. The Morgan fingerprint density at radius 1 is 1.40 bits per heavy atom. The largest absolute Gasteiger partial charge is 0.491 e. The summed E-state index contributed by atoms with van der Waals surface area (Å²) in [7, 11) is 0. The highest BCUT2D eigenvalue weighted by atomic mass is 19.3. The Labute approximate surface area is 169 Å². The second kappa shape index (κ2) is 7.64. The van der Waals surface area contributed by atoms with Gasteiger partial charge in [0.05, 0.1) is 12.1 Å². The SMILES string of the molecule is C[C@H](Nc1ccc2c(c1)OCCn1nc(N3C(=C=O)OC[C@H]3C(F)F)nc1-2)C(N)=O. The van der Waals surface area contributed by atoms with Crippen LogP contribution in [0.2, 0.25) is 0 Å². The fourth-order valence-corrected chi connectivity index (χ4v) is 3.23. The Balaban J connectivity index is 1.71. The number of nitrogens with one attached hydrogen (secondary N) is 1. The lowest BCUT2D eigenvalue weighted by Crippen LogP contribution is -2.37. The third-order valence-corrected chi connectivity index (χ3v) is 4.79. The summed E-state index contributed by atoms with van der Waals surface area (Å²) >= 11 is 0. The smallest absolute Gasteiger partial charge is 0.285 e. The van der Waals surface area contributed by atoms with Gasteiger partial charge in [0.2, 0.25) is 5.91 Å². The van der Waals surface area contributed by atoms with Gasteiger partial charge in [-0.1, -0.05) is 0 Å². The summed E-state index contributed by atoms with van der Waals surface area (Å²) in [5.41, 5.74) is 6.47. The number of halogens is 2. The molecule has 2 aromatic rings. The number of fused-ring (bicyclic) bond motifs is 3. The van der Waals surface area contributed by atoms with E-state index in [9.17, 15) is 18.4 Å². The normalized spacial score (nSPS) is 18.6. The van der Waals surface area contributed by atoms with E-state index in [1.807, 2.05) is 0 Å². The maximum absolute atomic E-state index is 13.4. The Hall–Kier alpha value is -3.66. The molecule has 0 radical (unpaired) electrons. The van der Waals surface area contributed by atoms with Crippen LogP contribution < -0.4 is 20.7 Å². The van der Waals surface area contributed by atoms with E-state index in [0.29, 0.717) is 29.4 Å². The third kappa shape index (κ3) is 3.41. The van der Waals surface area contributed by atoms with Crippen molar-refractivity contribution in [2.75, 3.05) is 23.4 Å². The third-order valence-electron chi connectivity index (χ3n) is 4.79. The Morgan fingerprint density at radius 2 is 2.20 bits per heavy atom. The lowest BCUT2D eigenvalue weighted by Gasteiger charge is -2.18. The number of aromatic nitrogens is 3. The van der Waals surface area contributed by atoms with Gasteiger partial charge in [-0.05, 0) is 19.1 Å². The molecule has 0 aliphatic carbocycles. The maximum atomic E-state index is 13.4. The topological polar surface area (TPSA) is 125 Å². The second-order valence-electron chi connectivity index (χ2n) is 6.78. The first-order valence-electron chi connectivity index (χ1n) is 9.12. The molecular formula is C18H18F2N6O4. The van der Waals surface area contributed by atoms with Crippen molar-refractivity contribution in [3.8, 4) is 17.1 Å². The van der Waals surface area contributed by atoms with Gasteiger partial charge in [0.15, 0.2) is 11.8 Å². The summed E-state index contributed by atoms with van der Waals surface area (Å²) in [6.07, 6.45) is -2.77. The van der Waals surface area contributed by atoms with Gasteiger partial charge < -0.3 is 20.5 Å². The van der Waals surface area contributed by atoms with E-state index in [-0.39, 0.29) is 25.0 Å². The summed E-state index contributed by atoms with van der Waals surface area (Å²) < 4.78 is 39.1. The van der Waals surface area contributed by atoms with Crippen LogP contribution in [0.1, 0.15) is 6.92 Å². The van der Waals surface area contributed by atoms with E-state index in [1.54, 1.807) is 25.1 Å². The molecule has 1 fully saturated rings. The van der Waals surface area contributed by atoms with Gasteiger partial charge in [0.1, 0.15) is 31.0 Å². The van der Waals surface area contributed by atoms with E-state index in [1.165, 1.54) is 10.6 Å². The predicted molar refractivity (Wildman–Crippen MR) is 101 cm³/mol. The van der Waals surface area contributed by atoms with Crippen molar-refractivity contribution in [3.63, 3.8) is 0 Å². The molecule has 0 spiro atoms. The van der Waals surface area contributed by atoms with Crippen LogP contribution >= 0.6 is 0 Å². The number of nitrogens with zero attached hydrogens (tertiary/aromatic N) is 4. The van der Waals surface area contributed by atoms with Gasteiger partial charge in [-0.25, -0.2) is 18.3 Å². The van der Waals surface area contributed by atoms with Crippen LogP contribution in [0.5, 0.6) is 5.75 Å². The van der Waals surface area contributed by atoms with Crippen molar-refractivity contribution < 1.29 is 27.8 Å². The summed E-state index contributed by atoms with van der Waals surface area (Å²) in [6.45, 7) is 1.83. The van der Waals surface area contributed by atoms with E-state index >= 15 is 0 Å². The first-order valence-corrected chi connectivity index (χ1v) is 9.12. The number of benzene rings is 1. The highest BCUT2D eigenvalue weighted by Gasteiger charge is 2.41. The Morgan fingerprint density at radius 3 is 2.90 bits per heavy atom. The predicted octanol–water partition coefficient (Wildman–Crippen LogP) is 0.766. The molecule has 1 saturated heterocycles. The molecule has 2 aliphatic rings. The van der Waals surface area contributed by atoms with Gasteiger partial charge >= 0.3 is 0 Å². The van der Waals surface area contributed by atoms with Crippen molar-refractivity contribution in [1.29, 1.82) is 0 Å². The molecule has 30 heavy (non-hydrogen) atoms. The molecular weight excluding hydrogens is 402 g/mol. The molecule has 2 atom stereocenters. The zero-order valence-corrected chi connectivity index (χ0v) is 15.8. The standard InChI is InChI=1S/C18H18F2N6O4/c1-9(16(21)28)22-10-2-3-11-13(6-10)29-5-4-25-17(11)23-18(24-25)26-12(15(19)20)8-30-14(26)7-27/h2-3,6,9,12,15,22H,4-5,8H2,1H3,(H2,21,28)/t9-,12-/m0/s1. The van der Waals surface area contributed by atoms with Crippen LogP contribution in [-0.2, 0) is 20.9 Å². The van der Waals surface area contributed by atoms with Gasteiger partial charge in [0.25, 0.3) is 18.3 Å². The van der Waals surface area contributed by atoms with Crippen LogP contribution in [0.4, 0.5) is 20.4 Å². The summed E-state index contributed by atoms with van der Waals surface area (Å²) in [4.78, 5) is 27.7. The average Bonchev–Trinajstić information content (AvgIpc) is 3.28. The van der Waals surface area contributed by atoms with E-state index in [0.717, 1.165) is 4.90 Å². The summed E-state index contributed by atoms with van der Waals surface area (Å²) in [5.74, 6) is 1.42. The van der Waals surface area contributed by atoms with Crippen LogP contribution in [0.25, 0.3) is 11.4 Å². The summed E-state index contributed by atoms with van der Waals surface area (Å²) in [5, 5.41) is 7.24. The number of carbonyl (C=O) groups excluding carboxylic acids is 2. The van der Waals surface area contributed by atoms with E-state index in [2.05, 4.69) is 15.4 Å². The number of amides is 1. The molecule has 0 bridgehead atoms. The molecule has 3 N–H and O–H groups in total. The van der Waals surface area contributed by atoms with Crippen LogP contribution in [-0.4, -0.2) is 58.3 Å². The number of ether oxygens (including phenoxy) is 2. The highest BCUT2D eigenvalue weighted by molar-refractivity contribution is 5.83. The number of carbonyl (C=O) groups is 1. The van der Waals surface area contributed by atoms with Crippen molar-refractivity contribution >= 4 is 23.5 Å². The number of hydrogen-bond donors (Lipinski definition) is 2. The van der Waals surface area contributed by atoms with E-state index in [4.69, 9.17) is 15.2 Å². The number of alkyl halides is 2. The molecule has 12 heteroatoms. The summed E-state index contributed by atoms with van der Waals surface area (Å²) in [6, 6.07) is 3.15. The van der Waals surface area contributed by atoms with Crippen LogP contribution in [0.15, 0.2) is 24.1 Å². The van der Waals surface area contributed by atoms with Crippen molar-refractivity contribution in [2.24, 2.45) is 5.73 Å². The molecule has 2 aliphatic heterocycles. The average molecular weight is 420 g/mol. The minimum absolute atomic E-state index is 0.0800. The number of anilines is 2. The first-order chi connectivity index (χ1) is 14.4. The van der Waals surface area contributed by atoms with Gasteiger partial charge in [0, 0.05) is 11.8 Å². The minimum atomic E-state index is -2.77. The molecule has 3 heterocycles. The fraction of sp³-hybridized carbons (Fsp3) is 0.389. The monoisotopic (exact) mass is 420 g/mol. The number of hydrogen-bond acceptors (Lipinski definition) is 8. The number of nitrogens with two attached hydrogens (primary N) is 1. The molecule has 158 valence electrons. The van der Waals surface area contributed by atoms with Gasteiger partial charge in [-0.15, -0.1) is 5.10 Å². The molecule has 0 saturated carbocycles. The van der Waals surface area contributed by atoms with Gasteiger partial charge in [-0.2, -0.15) is 4.98 Å². The molecule has 4 rings (SSSR count). The van der Waals surface area contributed by atoms with Crippen molar-refractivity contribution in [2.45, 2.75) is 32.0 Å². The van der Waals surface area contributed by atoms with Gasteiger partial charge in [-0.3, -0.25) is 9.69 Å². The molecule has 1 aromatic heterocycles. The molecule has 0 unspecified atom stereocenters. The fourth-order valence-electron chi connectivity index (χ4n) is 3.23. The Kier molecular flexibility index (Phi) is 5.00. The lowest BCUT2D eigenvalue weighted by atomic mass is 10.1.